The quantitative estimate of drug-likeness (QED) is 0.646. The summed E-state index contributed by atoms with van der Waals surface area (Å²) in [6, 6.07) is 9.21. The van der Waals surface area contributed by atoms with Gasteiger partial charge in [0, 0.05) is 60.9 Å². The Hall–Kier alpha value is -2.53. The molecular weight excluding hydrogens is 358 g/mol. The third kappa shape index (κ3) is 4.40. The number of rotatable bonds is 6. The average molecular weight is 390 g/mol. The molecule has 0 amide bonds. The van der Waals surface area contributed by atoms with Crippen molar-refractivity contribution in [2.45, 2.75) is 64.6 Å². The third-order valence-corrected chi connectivity index (χ3v) is 6.28. The van der Waals surface area contributed by atoms with Crippen LogP contribution in [0.4, 0.5) is 5.95 Å². The fraction of sp³-hybridized carbons (Fsp3) is 0.458. The van der Waals surface area contributed by atoms with Crippen molar-refractivity contribution in [3.8, 4) is 0 Å². The molecule has 0 radical (unpaired) electrons. The molecule has 2 heterocycles. The molecule has 0 bridgehead atoms. The van der Waals surface area contributed by atoms with E-state index in [-0.39, 0.29) is 6.04 Å². The Kier molecular flexibility index (Phi) is 6.05. The highest BCUT2D eigenvalue weighted by molar-refractivity contribution is 5.84. The molecule has 0 spiro atoms. The number of fused-ring (bicyclic) bond motifs is 1. The first kappa shape index (κ1) is 19.8. The van der Waals surface area contributed by atoms with Crippen molar-refractivity contribution >= 4 is 16.7 Å². The number of hydrogen-bond donors (Lipinski definition) is 1. The monoisotopic (exact) mass is 389 g/mol. The largest absolute Gasteiger partial charge is 0.341 e. The second-order valence-corrected chi connectivity index (χ2v) is 8.23. The lowest BCUT2D eigenvalue weighted by molar-refractivity contribution is 0.423. The Morgan fingerprint density at radius 3 is 2.76 bits per heavy atom. The van der Waals surface area contributed by atoms with Crippen LogP contribution >= 0.6 is 0 Å². The molecule has 1 aliphatic carbocycles. The van der Waals surface area contributed by atoms with E-state index in [2.05, 4.69) is 60.4 Å². The highest BCUT2D eigenvalue weighted by Crippen LogP contribution is 2.25. The number of hydrogen-bond acceptors (Lipinski definition) is 5. The molecule has 152 valence electrons. The number of benzene rings is 1. The van der Waals surface area contributed by atoms with Crippen LogP contribution in [0.3, 0.4) is 0 Å². The van der Waals surface area contributed by atoms with Crippen molar-refractivity contribution in [3.05, 3.63) is 59.7 Å². The lowest BCUT2D eigenvalue weighted by atomic mass is 9.95. The van der Waals surface area contributed by atoms with Gasteiger partial charge >= 0.3 is 0 Å². The van der Waals surface area contributed by atoms with Gasteiger partial charge in [-0.1, -0.05) is 37.5 Å². The smallest absolute Gasteiger partial charge is 0.225 e. The average Bonchev–Trinajstić information content (AvgIpc) is 2.77. The minimum absolute atomic E-state index is 0.182. The van der Waals surface area contributed by atoms with Gasteiger partial charge in [0.1, 0.15) is 0 Å². The summed E-state index contributed by atoms with van der Waals surface area (Å²) in [5.41, 5.74) is 3.50. The maximum absolute atomic E-state index is 4.84. The number of nitrogens with one attached hydrogen (secondary N) is 1. The molecule has 1 aliphatic rings. The molecule has 2 aromatic heterocycles. The fourth-order valence-electron chi connectivity index (χ4n) is 4.41. The zero-order valence-electron chi connectivity index (χ0n) is 17.7. The zero-order chi connectivity index (χ0) is 20.2. The maximum Gasteiger partial charge on any atom is 0.225 e. The van der Waals surface area contributed by atoms with Crippen molar-refractivity contribution in [2.75, 3.05) is 11.9 Å². The van der Waals surface area contributed by atoms with Gasteiger partial charge in [0.05, 0.1) is 0 Å². The van der Waals surface area contributed by atoms with Gasteiger partial charge in [0.25, 0.3) is 0 Å². The Morgan fingerprint density at radius 1 is 1.14 bits per heavy atom. The highest BCUT2D eigenvalue weighted by atomic mass is 15.3. The molecule has 1 fully saturated rings. The van der Waals surface area contributed by atoms with Crippen molar-refractivity contribution in [2.24, 2.45) is 0 Å². The molecule has 1 aromatic carbocycles. The van der Waals surface area contributed by atoms with Crippen molar-refractivity contribution in [1.82, 2.24) is 20.3 Å². The van der Waals surface area contributed by atoms with Gasteiger partial charge in [0.2, 0.25) is 5.95 Å². The minimum atomic E-state index is 0.182. The van der Waals surface area contributed by atoms with E-state index in [9.17, 15) is 0 Å². The van der Waals surface area contributed by atoms with Gasteiger partial charge in [-0.15, -0.1) is 0 Å². The fourth-order valence-corrected chi connectivity index (χ4v) is 4.41. The second-order valence-electron chi connectivity index (χ2n) is 8.23. The van der Waals surface area contributed by atoms with E-state index in [1.165, 1.54) is 48.4 Å². The maximum atomic E-state index is 4.84. The highest BCUT2D eigenvalue weighted by Gasteiger charge is 2.21. The van der Waals surface area contributed by atoms with E-state index in [4.69, 9.17) is 9.97 Å². The molecule has 5 heteroatoms. The van der Waals surface area contributed by atoms with Crippen LogP contribution in [0.1, 0.15) is 61.9 Å². The van der Waals surface area contributed by atoms with E-state index in [1.807, 2.05) is 18.6 Å². The number of anilines is 1. The molecule has 1 N–H and O–H groups in total. The SMILES string of the molecule is Cc1nc(N(C)C2CCCCC2)ncc1C(C)NCc1cccc2cnccc12. The van der Waals surface area contributed by atoms with Crippen molar-refractivity contribution < 1.29 is 0 Å². The Bertz CT molecular complexity index is 959. The zero-order valence-corrected chi connectivity index (χ0v) is 17.7. The van der Waals surface area contributed by atoms with Crippen molar-refractivity contribution in [3.63, 3.8) is 0 Å². The summed E-state index contributed by atoms with van der Waals surface area (Å²) in [7, 11) is 2.14. The molecule has 0 aliphatic heterocycles. The molecule has 29 heavy (non-hydrogen) atoms. The lowest BCUT2D eigenvalue weighted by Crippen LogP contribution is -2.34. The first-order chi connectivity index (χ1) is 14.1. The van der Waals surface area contributed by atoms with Crippen LogP contribution in [-0.2, 0) is 6.54 Å². The van der Waals surface area contributed by atoms with Gasteiger partial charge in [-0.05, 0) is 43.7 Å². The van der Waals surface area contributed by atoms with E-state index in [1.54, 1.807) is 0 Å². The first-order valence-corrected chi connectivity index (χ1v) is 10.7. The van der Waals surface area contributed by atoms with Gasteiger partial charge in [0.15, 0.2) is 0 Å². The number of aryl methyl sites for hydroxylation is 1. The molecule has 1 atom stereocenters. The van der Waals surface area contributed by atoms with Crippen LogP contribution in [0, 0.1) is 6.92 Å². The number of aromatic nitrogens is 3. The Balaban J connectivity index is 1.45. The normalized spacial score (nSPS) is 16.1. The topological polar surface area (TPSA) is 53.9 Å². The van der Waals surface area contributed by atoms with Crippen LogP contribution in [-0.4, -0.2) is 28.0 Å². The molecule has 0 saturated heterocycles. The Morgan fingerprint density at radius 2 is 1.97 bits per heavy atom. The number of nitrogens with zero attached hydrogens (tertiary/aromatic N) is 4. The van der Waals surface area contributed by atoms with Crippen LogP contribution in [0.5, 0.6) is 0 Å². The molecule has 1 saturated carbocycles. The second kappa shape index (κ2) is 8.87. The summed E-state index contributed by atoms with van der Waals surface area (Å²) >= 11 is 0. The summed E-state index contributed by atoms with van der Waals surface area (Å²) in [5.74, 6) is 0.854. The van der Waals surface area contributed by atoms with E-state index in [0.717, 1.165) is 23.8 Å². The van der Waals surface area contributed by atoms with Gasteiger partial charge in [-0.3, -0.25) is 4.98 Å². The van der Waals surface area contributed by atoms with Crippen LogP contribution < -0.4 is 10.2 Å². The van der Waals surface area contributed by atoms with Crippen molar-refractivity contribution in [1.29, 1.82) is 0 Å². The minimum Gasteiger partial charge on any atom is -0.341 e. The van der Waals surface area contributed by atoms with Gasteiger partial charge in [-0.2, -0.15) is 0 Å². The molecule has 1 unspecified atom stereocenters. The van der Waals surface area contributed by atoms with Gasteiger partial charge in [-0.25, -0.2) is 9.97 Å². The molecule has 3 aromatic rings. The third-order valence-electron chi connectivity index (χ3n) is 6.28. The van der Waals surface area contributed by atoms with Crippen LogP contribution in [0.2, 0.25) is 0 Å². The van der Waals surface area contributed by atoms with Crippen LogP contribution in [0.15, 0.2) is 42.9 Å². The molecular formula is C24H31N5. The summed E-state index contributed by atoms with van der Waals surface area (Å²) in [6.45, 7) is 5.07. The number of pyridine rings is 1. The first-order valence-electron chi connectivity index (χ1n) is 10.7. The predicted molar refractivity (Wildman–Crippen MR) is 119 cm³/mol. The van der Waals surface area contributed by atoms with E-state index < -0.39 is 0 Å². The predicted octanol–water partition coefficient (Wildman–Crippen LogP) is 4.95. The summed E-state index contributed by atoms with van der Waals surface area (Å²) < 4.78 is 0. The standard InChI is InChI=1S/C24H31N5/c1-17(26-15-20-9-7-8-19-14-25-13-12-22(19)20)23-16-27-24(28-18(23)2)29(3)21-10-5-4-6-11-21/h7-9,12-14,16-17,21,26H,4-6,10-11,15H2,1-3H3. The van der Waals surface area contributed by atoms with E-state index >= 15 is 0 Å². The molecule has 5 nitrogen and oxygen atoms in total. The lowest BCUT2D eigenvalue weighted by Gasteiger charge is -2.31. The molecule has 4 rings (SSSR count). The van der Waals surface area contributed by atoms with Gasteiger partial charge < -0.3 is 10.2 Å². The van der Waals surface area contributed by atoms with E-state index in [0.29, 0.717) is 6.04 Å². The van der Waals surface area contributed by atoms with Crippen LogP contribution in [0.25, 0.3) is 10.8 Å². The Labute approximate surface area is 173 Å². The summed E-state index contributed by atoms with van der Waals surface area (Å²) in [5, 5.41) is 6.07. The summed E-state index contributed by atoms with van der Waals surface area (Å²) in [4.78, 5) is 16.0. The summed E-state index contributed by atoms with van der Waals surface area (Å²) in [6.07, 6.45) is 12.3.